The smallest absolute Gasteiger partial charge is 0.311 e. The monoisotopic (exact) mass is 263 g/mol. The molecule has 5 heteroatoms. The van der Waals surface area contributed by atoms with Crippen LogP contribution in [0.4, 0.5) is 0 Å². The van der Waals surface area contributed by atoms with E-state index in [2.05, 4.69) is 5.32 Å². The Morgan fingerprint density at radius 2 is 1.84 bits per heavy atom. The van der Waals surface area contributed by atoms with Gasteiger partial charge in [0.15, 0.2) is 0 Å². The summed E-state index contributed by atoms with van der Waals surface area (Å²) in [5.74, 6) is -1.11. The number of benzene rings is 1. The fourth-order valence-electron chi connectivity index (χ4n) is 2.17. The summed E-state index contributed by atoms with van der Waals surface area (Å²) in [5.41, 5.74) is -0.363. The van der Waals surface area contributed by atoms with Crippen LogP contribution < -0.4 is 5.32 Å². The first-order valence-electron chi connectivity index (χ1n) is 6.28. The average molecular weight is 263 g/mol. The van der Waals surface area contributed by atoms with Crippen LogP contribution in [0.2, 0.25) is 0 Å². The molecule has 1 aliphatic heterocycles. The Bertz CT molecular complexity index is 452. The predicted octanol–water partition coefficient (Wildman–Crippen LogP) is 1.30. The van der Waals surface area contributed by atoms with Gasteiger partial charge in [0, 0.05) is 25.3 Å². The molecule has 5 nitrogen and oxygen atoms in total. The molecule has 0 aromatic heterocycles. The fourth-order valence-corrected chi connectivity index (χ4v) is 2.17. The van der Waals surface area contributed by atoms with E-state index >= 15 is 0 Å². The van der Waals surface area contributed by atoms with E-state index in [0.29, 0.717) is 31.6 Å². The number of hydrogen-bond donors (Lipinski definition) is 2. The summed E-state index contributed by atoms with van der Waals surface area (Å²) < 4.78 is 5.19. The van der Waals surface area contributed by atoms with Gasteiger partial charge in [-0.25, -0.2) is 0 Å². The zero-order chi connectivity index (χ0) is 13.7. The zero-order valence-corrected chi connectivity index (χ0v) is 10.6. The Morgan fingerprint density at radius 1 is 1.21 bits per heavy atom. The van der Waals surface area contributed by atoms with Crippen LogP contribution in [0.1, 0.15) is 23.2 Å². The molecule has 0 radical (unpaired) electrons. The van der Waals surface area contributed by atoms with Crippen LogP contribution >= 0.6 is 0 Å². The normalized spacial score (nSPS) is 17.7. The third-order valence-electron chi connectivity index (χ3n) is 3.53. The van der Waals surface area contributed by atoms with E-state index in [-0.39, 0.29) is 12.5 Å². The molecule has 0 bridgehead atoms. The van der Waals surface area contributed by atoms with Gasteiger partial charge in [-0.05, 0) is 25.0 Å². The molecule has 0 saturated carbocycles. The molecular formula is C14H17NO4. The molecule has 102 valence electrons. The molecule has 1 saturated heterocycles. The first-order chi connectivity index (χ1) is 9.14. The van der Waals surface area contributed by atoms with Crippen molar-refractivity contribution in [3.05, 3.63) is 35.9 Å². The molecule has 0 atom stereocenters. The minimum absolute atomic E-state index is 0.138. The van der Waals surface area contributed by atoms with Crippen molar-refractivity contribution >= 4 is 11.9 Å². The van der Waals surface area contributed by atoms with Crippen LogP contribution in [0.25, 0.3) is 0 Å². The lowest BCUT2D eigenvalue weighted by atomic mass is 9.80. The highest BCUT2D eigenvalue weighted by Gasteiger charge is 2.40. The average Bonchev–Trinajstić information content (AvgIpc) is 2.46. The topological polar surface area (TPSA) is 75.6 Å². The Hall–Kier alpha value is -1.88. The zero-order valence-electron chi connectivity index (χ0n) is 10.6. The minimum atomic E-state index is -0.900. The summed E-state index contributed by atoms with van der Waals surface area (Å²) in [4.78, 5) is 23.3. The first-order valence-corrected chi connectivity index (χ1v) is 6.28. The molecule has 1 aliphatic rings. The maximum atomic E-state index is 11.9. The number of carboxylic acid groups (broad SMARTS) is 1. The van der Waals surface area contributed by atoms with Gasteiger partial charge in [-0.2, -0.15) is 0 Å². The second-order valence-electron chi connectivity index (χ2n) is 4.75. The Labute approximate surface area is 111 Å². The van der Waals surface area contributed by atoms with Gasteiger partial charge in [-0.1, -0.05) is 18.2 Å². The largest absolute Gasteiger partial charge is 0.481 e. The van der Waals surface area contributed by atoms with Crippen LogP contribution in [0.3, 0.4) is 0 Å². The van der Waals surface area contributed by atoms with Gasteiger partial charge in [-0.15, -0.1) is 0 Å². The Balaban J connectivity index is 2.00. The third kappa shape index (κ3) is 3.12. The number of nitrogens with one attached hydrogen (secondary N) is 1. The van der Waals surface area contributed by atoms with E-state index < -0.39 is 11.4 Å². The summed E-state index contributed by atoms with van der Waals surface area (Å²) in [7, 11) is 0. The summed E-state index contributed by atoms with van der Waals surface area (Å²) in [6, 6.07) is 8.78. The van der Waals surface area contributed by atoms with E-state index in [1.165, 1.54) is 0 Å². The van der Waals surface area contributed by atoms with Crippen LogP contribution in [0.15, 0.2) is 30.3 Å². The highest BCUT2D eigenvalue weighted by atomic mass is 16.5. The van der Waals surface area contributed by atoms with E-state index in [4.69, 9.17) is 4.74 Å². The summed E-state index contributed by atoms with van der Waals surface area (Å²) in [5, 5.41) is 12.1. The number of carbonyl (C=O) groups is 2. The second kappa shape index (κ2) is 5.84. The molecule has 1 fully saturated rings. The fraction of sp³-hybridized carbons (Fsp3) is 0.429. The molecule has 0 unspecified atom stereocenters. The van der Waals surface area contributed by atoms with Crippen molar-refractivity contribution in [2.24, 2.45) is 5.41 Å². The number of ether oxygens (including phenoxy) is 1. The lowest BCUT2D eigenvalue weighted by Crippen LogP contribution is -2.46. The van der Waals surface area contributed by atoms with Gasteiger partial charge in [0.05, 0.1) is 5.41 Å². The van der Waals surface area contributed by atoms with Crippen molar-refractivity contribution < 1.29 is 19.4 Å². The van der Waals surface area contributed by atoms with Crippen molar-refractivity contribution in [3.63, 3.8) is 0 Å². The van der Waals surface area contributed by atoms with Gasteiger partial charge in [0.2, 0.25) is 0 Å². The molecule has 2 N–H and O–H groups in total. The Morgan fingerprint density at radius 3 is 2.42 bits per heavy atom. The molecule has 19 heavy (non-hydrogen) atoms. The highest BCUT2D eigenvalue weighted by Crippen LogP contribution is 2.30. The van der Waals surface area contributed by atoms with Crippen molar-refractivity contribution in [1.82, 2.24) is 5.32 Å². The van der Waals surface area contributed by atoms with Crippen molar-refractivity contribution in [2.45, 2.75) is 12.8 Å². The molecule has 1 aromatic carbocycles. The number of amides is 1. The SMILES string of the molecule is O=C(NCC1(C(=O)O)CCOCC1)c1ccccc1. The van der Waals surface area contributed by atoms with Gasteiger partial charge in [-0.3, -0.25) is 9.59 Å². The molecule has 1 amide bonds. The van der Waals surface area contributed by atoms with E-state index in [1.54, 1.807) is 24.3 Å². The number of aliphatic carboxylic acids is 1. The quantitative estimate of drug-likeness (QED) is 0.858. The molecular weight excluding hydrogens is 246 g/mol. The Kier molecular flexibility index (Phi) is 4.16. The lowest BCUT2D eigenvalue weighted by molar-refractivity contribution is -0.154. The van der Waals surface area contributed by atoms with Gasteiger partial charge in [0.1, 0.15) is 0 Å². The summed E-state index contributed by atoms with van der Waals surface area (Å²) in [6.45, 7) is 0.987. The number of carboxylic acids is 1. The number of carbonyl (C=O) groups excluding carboxylic acids is 1. The van der Waals surface area contributed by atoms with E-state index in [1.807, 2.05) is 6.07 Å². The van der Waals surface area contributed by atoms with Crippen LogP contribution in [-0.2, 0) is 9.53 Å². The van der Waals surface area contributed by atoms with Crippen LogP contribution in [0.5, 0.6) is 0 Å². The maximum Gasteiger partial charge on any atom is 0.311 e. The number of hydrogen-bond acceptors (Lipinski definition) is 3. The third-order valence-corrected chi connectivity index (χ3v) is 3.53. The van der Waals surface area contributed by atoms with Crippen molar-refractivity contribution in [1.29, 1.82) is 0 Å². The standard InChI is InChI=1S/C14H17NO4/c16-12(11-4-2-1-3-5-11)15-10-14(13(17)18)6-8-19-9-7-14/h1-5H,6-10H2,(H,15,16)(H,17,18). The van der Waals surface area contributed by atoms with Gasteiger partial charge < -0.3 is 15.2 Å². The van der Waals surface area contributed by atoms with Crippen molar-refractivity contribution in [3.8, 4) is 0 Å². The molecule has 2 rings (SSSR count). The minimum Gasteiger partial charge on any atom is -0.481 e. The van der Waals surface area contributed by atoms with E-state index in [9.17, 15) is 14.7 Å². The van der Waals surface area contributed by atoms with Crippen LogP contribution in [0, 0.1) is 5.41 Å². The lowest BCUT2D eigenvalue weighted by Gasteiger charge is -2.33. The van der Waals surface area contributed by atoms with Crippen LogP contribution in [-0.4, -0.2) is 36.7 Å². The summed E-state index contributed by atoms with van der Waals surface area (Å²) >= 11 is 0. The first kappa shape index (κ1) is 13.5. The predicted molar refractivity (Wildman–Crippen MR) is 68.9 cm³/mol. The van der Waals surface area contributed by atoms with Gasteiger partial charge >= 0.3 is 5.97 Å². The highest BCUT2D eigenvalue weighted by molar-refractivity contribution is 5.94. The van der Waals surface area contributed by atoms with Crippen molar-refractivity contribution in [2.75, 3.05) is 19.8 Å². The van der Waals surface area contributed by atoms with E-state index in [0.717, 1.165) is 0 Å². The molecule has 0 aliphatic carbocycles. The molecule has 1 aromatic rings. The number of rotatable bonds is 4. The molecule has 1 heterocycles. The summed E-state index contributed by atoms with van der Waals surface area (Å²) in [6.07, 6.45) is 0.856. The maximum absolute atomic E-state index is 11.9. The molecule has 0 spiro atoms. The second-order valence-corrected chi connectivity index (χ2v) is 4.75. The van der Waals surface area contributed by atoms with Gasteiger partial charge in [0.25, 0.3) is 5.91 Å².